The van der Waals surface area contributed by atoms with Gasteiger partial charge in [-0.15, -0.1) is 0 Å². The third-order valence-corrected chi connectivity index (χ3v) is 4.87. The first-order valence-electron chi connectivity index (χ1n) is 8.20. The molecular formula is C18H20ClN3O3. The minimum absolute atomic E-state index is 0.0515. The van der Waals surface area contributed by atoms with Gasteiger partial charge in [-0.3, -0.25) is 24.2 Å². The van der Waals surface area contributed by atoms with Crippen LogP contribution in [0.25, 0.3) is 0 Å². The van der Waals surface area contributed by atoms with E-state index < -0.39 is 0 Å². The molecule has 132 valence electrons. The quantitative estimate of drug-likeness (QED) is 0.644. The van der Waals surface area contributed by atoms with Crippen LogP contribution in [0.4, 0.5) is 5.69 Å². The molecule has 0 spiro atoms. The Morgan fingerprint density at radius 1 is 1.20 bits per heavy atom. The zero-order valence-electron chi connectivity index (χ0n) is 13.9. The number of carbonyl (C=O) groups is 3. The summed E-state index contributed by atoms with van der Waals surface area (Å²) in [6, 6.07) is 6.97. The molecule has 0 saturated carbocycles. The van der Waals surface area contributed by atoms with Crippen LogP contribution >= 0.6 is 11.6 Å². The number of carbonyl (C=O) groups excluding carboxylic acids is 3. The number of likely N-dealkylation sites (N-methyl/N-ethyl adjacent to an activating group) is 1. The first-order valence-corrected chi connectivity index (χ1v) is 8.58. The summed E-state index contributed by atoms with van der Waals surface area (Å²) in [5.41, 5.74) is 0.535. The first-order chi connectivity index (χ1) is 12.0. The van der Waals surface area contributed by atoms with E-state index in [9.17, 15) is 14.4 Å². The third-order valence-electron chi connectivity index (χ3n) is 4.54. The fraction of sp³-hybridized carbons (Fsp3) is 0.389. The van der Waals surface area contributed by atoms with Crippen LogP contribution in [0, 0.1) is 11.8 Å². The molecule has 1 saturated heterocycles. The molecule has 0 unspecified atom stereocenters. The number of para-hydroxylation sites is 1. The van der Waals surface area contributed by atoms with Crippen molar-refractivity contribution in [2.45, 2.75) is 12.8 Å². The molecule has 0 radical (unpaired) electrons. The van der Waals surface area contributed by atoms with Crippen molar-refractivity contribution in [1.29, 1.82) is 0 Å². The van der Waals surface area contributed by atoms with Gasteiger partial charge in [0.2, 0.25) is 17.7 Å². The number of nitrogens with zero attached hydrogens (tertiary/aromatic N) is 2. The highest BCUT2D eigenvalue weighted by Gasteiger charge is 2.47. The summed E-state index contributed by atoms with van der Waals surface area (Å²) in [6.45, 7) is 0.163. The van der Waals surface area contributed by atoms with E-state index in [2.05, 4.69) is 5.32 Å². The van der Waals surface area contributed by atoms with E-state index in [1.54, 1.807) is 36.2 Å². The number of benzene rings is 1. The van der Waals surface area contributed by atoms with Crippen LogP contribution in [-0.4, -0.2) is 47.8 Å². The average Bonchev–Trinajstić information content (AvgIpc) is 2.82. The van der Waals surface area contributed by atoms with Crippen LogP contribution in [0.1, 0.15) is 12.8 Å². The maximum Gasteiger partial charge on any atom is 0.238 e. The number of rotatable bonds is 5. The highest BCUT2D eigenvalue weighted by molar-refractivity contribution is 6.33. The molecule has 2 atom stereocenters. The van der Waals surface area contributed by atoms with Gasteiger partial charge >= 0.3 is 0 Å². The number of anilines is 1. The molecule has 1 aromatic carbocycles. The second kappa shape index (κ2) is 7.37. The number of imide groups is 1. The summed E-state index contributed by atoms with van der Waals surface area (Å²) in [5.74, 6) is -1.03. The molecule has 3 rings (SSSR count). The van der Waals surface area contributed by atoms with Gasteiger partial charge in [0.05, 0.1) is 35.8 Å². The molecule has 1 N–H and O–H groups in total. The van der Waals surface area contributed by atoms with Crippen LogP contribution in [0.2, 0.25) is 5.02 Å². The number of allylic oxidation sites excluding steroid dienone is 2. The lowest BCUT2D eigenvalue weighted by atomic mass is 9.85. The number of likely N-dealkylation sites (tertiary alicyclic amines) is 1. The maximum absolute atomic E-state index is 12.4. The van der Waals surface area contributed by atoms with E-state index in [-0.39, 0.29) is 42.8 Å². The second-order valence-electron chi connectivity index (χ2n) is 6.44. The molecule has 0 bridgehead atoms. The van der Waals surface area contributed by atoms with Crippen LogP contribution in [0.5, 0.6) is 0 Å². The normalized spacial score (nSPS) is 22.4. The highest BCUT2D eigenvalue weighted by Crippen LogP contribution is 2.34. The number of hydrogen-bond donors (Lipinski definition) is 1. The Kier molecular flexibility index (Phi) is 5.20. The standard InChI is InChI=1S/C18H20ClN3O3/c1-21(10-16(23)20-15-9-5-4-8-14(15)19)11-22-17(24)12-6-2-3-7-13(12)18(22)25/h2-5,8-9,12-13H,6-7,10-11H2,1H3,(H,20,23)/t12-,13+. The van der Waals surface area contributed by atoms with Gasteiger partial charge in [-0.1, -0.05) is 35.9 Å². The van der Waals surface area contributed by atoms with E-state index >= 15 is 0 Å². The van der Waals surface area contributed by atoms with Crippen LogP contribution < -0.4 is 5.32 Å². The Balaban J connectivity index is 1.56. The van der Waals surface area contributed by atoms with Gasteiger partial charge < -0.3 is 5.32 Å². The largest absolute Gasteiger partial charge is 0.324 e. The van der Waals surface area contributed by atoms with Gasteiger partial charge in [-0.25, -0.2) is 0 Å². The Morgan fingerprint density at radius 2 is 1.80 bits per heavy atom. The highest BCUT2D eigenvalue weighted by atomic mass is 35.5. The van der Waals surface area contributed by atoms with Crippen molar-refractivity contribution >= 4 is 35.0 Å². The van der Waals surface area contributed by atoms with Crippen LogP contribution in [-0.2, 0) is 14.4 Å². The second-order valence-corrected chi connectivity index (χ2v) is 6.85. The van der Waals surface area contributed by atoms with Gasteiger partial charge in [0.1, 0.15) is 0 Å². The molecule has 6 nitrogen and oxygen atoms in total. The summed E-state index contributed by atoms with van der Waals surface area (Å²) in [7, 11) is 1.70. The predicted molar refractivity (Wildman–Crippen MR) is 94.8 cm³/mol. The Hall–Kier alpha value is -2.18. The first kappa shape index (κ1) is 17.6. The minimum atomic E-state index is -0.256. The SMILES string of the molecule is CN(CC(=O)Nc1ccccc1Cl)CN1C(=O)[C@H]2CC=CC[C@H]2C1=O. The molecule has 1 aliphatic heterocycles. The summed E-state index contributed by atoms with van der Waals surface area (Å²) in [5, 5.41) is 3.19. The lowest BCUT2D eigenvalue weighted by molar-refractivity contribution is -0.142. The smallest absolute Gasteiger partial charge is 0.238 e. The third kappa shape index (κ3) is 3.75. The number of halogens is 1. The molecule has 0 aromatic heterocycles. The summed E-state index contributed by atoms with van der Waals surface area (Å²) >= 11 is 6.02. The molecule has 1 heterocycles. The van der Waals surface area contributed by atoms with Crippen molar-refractivity contribution in [2.24, 2.45) is 11.8 Å². The summed E-state index contributed by atoms with van der Waals surface area (Å²) < 4.78 is 0. The number of hydrogen-bond acceptors (Lipinski definition) is 4. The Bertz CT molecular complexity index is 708. The number of fused-ring (bicyclic) bond motifs is 1. The zero-order valence-corrected chi connectivity index (χ0v) is 14.7. The predicted octanol–water partition coefficient (Wildman–Crippen LogP) is 2.12. The lowest BCUT2D eigenvalue weighted by Crippen LogP contribution is -2.42. The lowest BCUT2D eigenvalue weighted by Gasteiger charge is -2.23. The van der Waals surface area contributed by atoms with Crippen molar-refractivity contribution in [3.63, 3.8) is 0 Å². The van der Waals surface area contributed by atoms with Gasteiger partial charge in [0.15, 0.2) is 0 Å². The minimum Gasteiger partial charge on any atom is -0.324 e. The zero-order chi connectivity index (χ0) is 18.0. The molecule has 25 heavy (non-hydrogen) atoms. The Morgan fingerprint density at radius 3 is 2.40 bits per heavy atom. The average molecular weight is 362 g/mol. The number of amides is 3. The molecule has 2 aliphatic rings. The van der Waals surface area contributed by atoms with Crippen molar-refractivity contribution < 1.29 is 14.4 Å². The van der Waals surface area contributed by atoms with Crippen LogP contribution in [0.15, 0.2) is 36.4 Å². The fourth-order valence-corrected chi connectivity index (χ4v) is 3.48. The Labute approximate surface area is 151 Å². The van der Waals surface area contributed by atoms with E-state index in [1.165, 1.54) is 4.90 Å². The summed E-state index contributed by atoms with van der Waals surface area (Å²) in [4.78, 5) is 39.9. The maximum atomic E-state index is 12.4. The van der Waals surface area contributed by atoms with Gasteiger partial charge in [-0.2, -0.15) is 0 Å². The van der Waals surface area contributed by atoms with Gasteiger partial charge in [0, 0.05) is 0 Å². The van der Waals surface area contributed by atoms with Crippen molar-refractivity contribution in [2.75, 3.05) is 25.6 Å². The summed E-state index contributed by atoms with van der Waals surface area (Å²) in [6.07, 6.45) is 5.14. The van der Waals surface area contributed by atoms with E-state index in [0.717, 1.165) is 0 Å². The fourth-order valence-electron chi connectivity index (χ4n) is 3.30. The van der Waals surface area contributed by atoms with Crippen molar-refractivity contribution in [3.8, 4) is 0 Å². The molecule has 1 aliphatic carbocycles. The van der Waals surface area contributed by atoms with E-state index in [1.807, 2.05) is 12.2 Å². The van der Waals surface area contributed by atoms with E-state index in [0.29, 0.717) is 23.6 Å². The van der Waals surface area contributed by atoms with Crippen molar-refractivity contribution in [1.82, 2.24) is 9.80 Å². The monoisotopic (exact) mass is 361 g/mol. The van der Waals surface area contributed by atoms with Gasteiger partial charge in [0.25, 0.3) is 0 Å². The topological polar surface area (TPSA) is 69.7 Å². The molecule has 1 fully saturated rings. The molecular weight excluding hydrogens is 342 g/mol. The van der Waals surface area contributed by atoms with Crippen LogP contribution in [0.3, 0.4) is 0 Å². The molecule has 1 aromatic rings. The number of nitrogens with one attached hydrogen (secondary N) is 1. The molecule has 3 amide bonds. The molecule has 7 heteroatoms. The van der Waals surface area contributed by atoms with Gasteiger partial charge in [-0.05, 0) is 32.0 Å². The van der Waals surface area contributed by atoms with E-state index in [4.69, 9.17) is 11.6 Å². The van der Waals surface area contributed by atoms with Crippen molar-refractivity contribution in [3.05, 3.63) is 41.4 Å².